The van der Waals surface area contributed by atoms with Gasteiger partial charge in [0.1, 0.15) is 30.5 Å². The number of amides is 5. The molecule has 1 aliphatic rings. The summed E-state index contributed by atoms with van der Waals surface area (Å²) in [6.07, 6.45) is 12.6. The highest BCUT2D eigenvalue weighted by Crippen LogP contribution is 2.37. The van der Waals surface area contributed by atoms with Gasteiger partial charge in [-0.2, -0.15) is 0 Å². The molecule has 57 heavy (non-hydrogen) atoms. The van der Waals surface area contributed by atoms with Crippen LogP contribution in [0.1, 0.15) is 106 Å². The number of ether oxygens (including phenoxy) is 1. The van der Waals surface area contributed by atoms with Crippen molar-refractivity contribution in [3.8, 4) is 5.75 Å². The number of benzene rings is 1. The van der Waals surface area contributed by atoms with Gasteiger partial charge >= 0.3 is 5.97 Å². The number of hydrogen-bond acceptors (Lipinski definition) is 8. The Kier molecular flexibility index (Phi) is 20.2. The first-order chi connectivity index (χ1) is 26.7. The zero-order valence-corrected chi connectivity index (χ0v) is 36.9. The van der Waals surface area contributed by atoms with E-state index in [-0.39, 0.29) is 48.8 Å². The minimum Gasteiger partial charge on any atom is -0.544 e. The van der Waals surface area contributed by atoms with E-state index >= 15 is 0 Å². The number of rotatable bonds is 19. The molecule has 0 saturated heterocycles. The zero-order valence-electron chi connectivity index (χ0n) is 35.9. The molecule has 14 heteroatoms. The van der Waals surface area contributed by atoms with Crippen LogP contribution in [0.2, 0.25) is 18.1 Å². The van der Waals surface area contributed by atoms with Crippen LogP contribution in [0.25, 0.3) is 0 Å². The summed E-state index contributed by atoms with van der Waals surface area (Å²) in [4.78, 5) is 78.5. The van der Waals surface area contributed by atoms with Crippen LogP contribution in [-0.4, -0.2) is 81.1 Å². The average molecular weight is 812 g/mol. The van der Waals surface area contributed by atoms with Crippen molar-refractivity contribution in [3.63, 3.8) is 0 Å². The third kappa shape index (κ3) is 17.7. The van der Waals surface area contributed by atoms with Crippen molar-refractivity contribution in [2.45, 2.75) is 149 Å². The molecule has 0 unspecified atom stereocenters. The van der Waals surface area contributed by atoms with Gasteiger partial charge < -0.3 is 35.7 Å². The molecule has 0 aromatic heterocycles. The molecule has 1 heterocycles. The van der Waals surface area contributed by atoms with E-state index in [1.165, 1.54) is 18.6 Å². The Hall–Kier alpha value is -4.46. The Morgan fingerprint density at radius 2 is 1.65 bits per heavy atom. The highest BCUT2D eigenvalue weighted by molar-refractivity contribution is 6.74. The predicted octanol–water partition coefficient (Wildman–Crippen LogP) is 5.40. The van der Waals surface area contributed by atoms with Gasteiger partial charge in [-0.15, -0.1) is 0 Å². The lowest BCUT2D eigenvalue weighted by Gasteiger charge is -2.36. The maximum atomic E-state index is 13.6. The maximum absolute atomic E-state index is 13.6. The molecule has 0 aliphatic carbocycles. The Labute approximate surface area is 341 Å². The first kappa shape index (κ1) is 48.7. The summed E-state index contributed by atoms with van der Waals surface area (Å²) in [5.74, 6) is -3.07. The second-order valence-corrected chi connectivity index (χ2v) is 21.8. The van der Waals surface area contributed by atoms with Gasteiger partial charge in [0.05, 0.1) is 12.6 Å². The molecule has 1 aromatic rings. The fourth-order valence-corrected chi connectivity index (χ4v) is 6.66. The van der Waals surface area contributed by atoms with Crippen LogP contribution in [-0.2, 0) is 39.9 Å². The summed E-state index contributed by atoms with van der Waals surface area (Å²) < 4.78 is 12.1. The Morgan fingerprint density at radius 1 is 0.965 bits per heavy atom. The summed E-state index contributed by atoms with van der Waals surface area (Å²) in [7, 11) is -2.03. The van der Waals surface area contributed by atoms with Crippen molar-refractivity contribution in [1.82, 2.24) is 26.6 Å². The van der Waals surface area contributed by atoms with Gasteiger partial charge in [0.2, 0.25) is 37.9 Å². The summed E-state index contributed by atoms with van der Waals surface area (Å²) in [6.45, 7) is 19.5. The SMILES string of the molecule is CCCCCC/C=C\CC(=O)NCC(=O)N[C@H](C(=O)N[C@@H]1/C=C/C(=O)N[C@@H](C(C)C)C(=O)N[C@@H](CCc2ccc(O[Si](C)(C)C(C)(C)C)cc2)C(=O)OC1)C(C)C. The van der Waals surface area contributed by atoms with Crippen LogP contribution in [0.3, 0.4) is 0 Å². The molecule has 0 saturated carbocycles. The summed E-state index contributed by atoms with van der Waals surface area (Å²) >= 11 is 0. The monoisotopic (exact) mass is 811 g/mol. The van der Waals surface area contributed by atoms with Crippen molar-refractivity contribution in [2.75, 3.05) is 13.2 Å². The number of esters is 1. The fourth-order valence-electron chi connectivity index (χ4n) is 5.63. The summed E-state index contributed by atoms with van der Waals surface area (Å²) in [5.41, 5.74) is 0.930. The van der Waals surface area contributed by atoms with Crippen LogP contribution in [0.4, 0.5) is 0 Å². The van der Waals surface area contributed by atoms with Crippen molar-refractivity contribution < 1.29 is 37.9 Å². The molecule has 0 bridgehead atoms. The molecule has 0 fully saturated rings. The molecule has 13 nitrogen and oxygen atoms in total. The van der Waals surface area contributed by atoms with Gasteiger partial charge in [0, 0.05) is 12.5 Å². The van der Waals surface area contributed by atoms with E-state index in [1.54, 1.807) is 33.8 Å². The van der Waals surface area contributed by atoms with E-state index in [0.29, 0.717) is 6.42 Å². The molecule has 5 amide bonds. The lowest BCUT2D eigenvalue weighted by Crippen LogP contribution is -2.55. The molecular formula is C43H69N5O8Si. The van der Waals surface area contributed by atoms with Crippen molar-refractivity contribution in [2.24, 2.45) is 11.8 Å². The van der Waals surface area contributed by atoms with Crippen LogP contribution >= 0.6 is 0 Å². The van der Waals surface area contributed by atoms with E-state index in [2.05, 4.69) is 67.4 Å². The number of hydrogen-bond donors (Lipinski definition) is 5. The molecule has 4 atom stereocenters. The van der Waals surface area contributed by atoms with Gasteiger partial charge in [-0.3, -0.25) is 24.0 Å². The molecule has 2 rings (SSSR count). The minimum absolute atomic E-state index is 0.0413. The average Bonchev–Trinajstić information content (AvgIpc) is 3.13. The second kappa shape index (κ2) is 23.7. The molecule has 5 N–H and O–H groups in total. The predicted molar refractivity (Wildman–Crippen MR) is 226 cm³/mol. The number of carbonyl (C=O) groups is 6. The lowest BCUT2D eigenvalue weighted by molar-refractivity contribution is -0.149. The highest BCUT2D eigenvalue weighted by Gasteiger charge is 2.39. The second-order valence-electron chi connectivity index (χ2n) is 17.0. The molecule has 318 valence electrons. The zero-order chi connectivity index (χ0) is 42.8. The first-order valence-electron chi connectivity index (χ1n) is 20.5. The van der Waals surface area contributed by atoms with E-state index in [9.17, 15) is 28.8 Å². The van der Waals surface area contributed by atoms with Crippen molar-refractivity contribution in [3.05, 3.63) is 54.1 Å². The Balaban J connectivity index is 2.12. The number of unbranched alkanes of at least 4 members (excludes halogenated alkanes) is 4. The van der Waals surface area contributed by atoms with E-state index in [1.807, 2.05) is 30.3 Å². The first-order valence-corrected chi connectivity index (χ1v) is 23.4. The maximum Gasteiger partial charge on any atom is 0.328 e. The van der Waals surface area contributed by atoms with Crippen LogP contribution in [0.5, 0.6) is 5.75 Å². The topological polar surface area (TPSA) is 181 Å². The Bertz CT molecular complexity index is 1550. The van der Waals surface area contributed by atoms with E-state index < -0.39 is 62.1 Å². The van der Waals surface area contributed by atoms with Crippen LogP contribution < -0.4 is 31.0 Å². The van der Waals surface area contributed by atoms with E-state index in [0.717, 1.165) is 37.0 Å². The highest BCUT2D eigenvalue weighted by atomic mass is 28.4. The number of carbonyl (C=O) groups excluding carboxylic acids is 6. The van der Waals surface area contributed by atoms with Crippen LogP contribution in [0, 0.1) is 11.8 Å². The summed E-state index contributed by atoms with van der Waals surface area (Å²) in [5, 5.41) is 13.6. The van der Waals surface area contributed by atoms with Gasteiger partial charge in [-0.25, -0.2) is 4.79 Å². The molecule has 0 radical (unpaired) electrons. The standard InChI is InChI=1S/C43H69N5O8Si/c1-11-12-13-14-15-16-17-18-35(49)44-27-37(51)48-38(29(2)3)40(52)45-32-22-26-36(50)47-39(30(4)5)41(53)46-34(42(54)55-28-32)25-21-31-19-23-33(24-20-31)56-57(9,10)43(6,7)8/h16-17,19-20,22-24,26,29-30,32,34,38-39H,11-15,18,21,25,27-28H2,1-10H3,(H,44,49)(H,45,52)(H,46,53)(H,47,50)(H,48,51)/b17-16-,26-22+/t32-,34+,38+,39+/m1/s1. The molecule has 0 spiro atoms. The summed E-state index contributed by atoms with van der Waals surface area (Å²) in [6, 6.07) is 3.78. The van der Waals surface area contributed by atoms with Crippen LogP contribution in [0.15, 0.2) is 48.6 Å². The number of aryl methyl sites for hydroxylation is 1. The van der Waals surface area contributed by atoms with Gasteiger partial charge in [0.25, 0.3) is 0 Å². The molecular weight excluding hydrogens is 743 g/mol. The fraction of sp³-hybridized carbons (Fsp3) is 0.628. The van der Waals surface area contributed by atoms with Crippen molar-refractivity contribution in [1.29, 1.82) is 0 Å². The van der Waals surface area contributed by atoms with E-state index in [4.69, 9.17) is 9.16 Å². The van der Waals surface area contributed by atoms with Gasteiger partial charge in [-0.1, -0.05) is 105 Å². The quantitative estimate of drug-likeness (QED) is 0.0533. The van der Waals surface area contributed by atoms with Crippen molar-refractivity contribution >= 4 is 43.8 Å². The Morgan fingerprint density at radius 3 is 2.26 bits per heavy atom. The number of allylic oxidation sites excluding steroid dienone is 1. The third-order valence-electron chi connectivity index (χ3n) is 10.3. The van der Waals surface area contributed by atoms with Gasteiger partial charge in [-0.05, 0) is 73.3 Å². The normalized spacial score (nSPS) is 19.4. The van der Waals surface area contributed by atoms with Gasteiger partial charge in [0.15, 0.2) is 0 Å². The smallest absolute Gasteiger partial charge is 0.328 e. The lowest BCUT2D eigenvalue weighted by atomic mass is 10.0. The molecule has 1 aliphatic heterocycles. The minimum atomic E-state index is -2.03. The number of nitrogens with one attached hydrogen (secondary N) is 5. The largest absolute Gasteiger partial charge is 0.544 e. The molecule has 1 aromatic carbocycles. The third-order valence-corrected chi connectivity index (χ3v) is 14.6. The number of cyclic esters (lactones) is 1.